The number of likely N-dealkylation sites (tertiary alicyclic amines) is 1. The number of carbonyl (C=O) groups is 5. The molecule has 1 saturated heterocycles. The number of amides is 1. The number of hydrogen-bond acceptors (Lipinski definition) is 20. The van der Waals surface area contributed by atoms with Crippen LogP contribution in [0.3, 0.4) is 0 Å². The third-order valence-corrected chi connectivity index (χ3v) is 19.2. The van der Waals surface area contributed by atoms with E-state index in [1.54, 1.807) is 53.7 Å². The second kappa shape index (κ2) is 28.1. The average molecular weight is 1210 g/mol. The lowest BCUT2D eigenvalue weighted by atomic mass is 9.78. The number of rotatable bonds is 16. The van der Waals surface area contributed by atoms with Crippen molar-refractivity contribution in [1.29, 1.82) is 0 Å². The molecule has 4 aliphatic heterocycles. The molecule has 0 unspecified atom stereocenters. The monoisotopic (exact) mass is 1210 g/mol. The minimum atomic E-state index is -5.26. The number of esters is 3. The van der Waals surface area contributed by atoms with E-state index < -0.39 is 128 Å². The van der Waals surface area contributed by atoms with Crippen molar-refractivity contribution >= 4 is 61.8 Å². The van der Waals surface area contributed by atoms with E-state index in [-0.39, 0.29) is 69.3 Å². The Morgan fingerprint density at radius 3 is 2.13 bits per heavy atom. The molecule has 8 N–H and O–H groups in total. The fourth-order valence-electron chi connectivity index (χ4n) is 10.8. The van der Waals surface area contributed by atoms with Crippen molar-refractivity contribution in [3.05, 3.63) is 58.0 Å². The van der Waals surface area contributed by atoms with E-state index in [1.807, 2.05) is 0 Å². The summed E-state index contributed by atoms with van der Waals surface area (Å²) in [6, 6.07) is 0. The fourth-order valence-corrected chi connectivity index (χ4v) is 13.3. The van der Waals surface area contributed by atoms with Crippen LogP contribution in [0, 0.1) is 36.5 Å². The quantitative estimate of drug-likeness (QED) is 0.0365. The SMILES string of the molecule is CO[C@H]1/C=C/OC(C)(C)Oc2c(C)c(O)c3c(O)c(c4c(c3c2C=O)NC2(CCN(CC(C)C)CC2)N=4)=NC(=O)/C(C)=C\C=C\[C@H](C)[C@H](OC(=O)CN(C)CCOC(=O)CCC(P(=O)(O)O)P(=O)(O)O)[C@@H](C)[C@@H](O)[C@@H](C)[C@H](OC(C)=O)[C@@H]1C. The number of piperidine rings is 1. The molecular weight excluding hydrogens is 1120 g/mol. The molecule has 1 spiro atoms. The molecule has 2 aromatic carbocycles. The third-order valence-electron chi connectivity index (χ3n) is 15.3. The number of methoxy groups -OCH3 is 1. The molecule has 1 amide bonds. The number of fused-ring (bicyclic) bond motifs is 16. The maximum Gasteiger partial charge on any atom is 0.340 e. The highest BCUT2D eigenvalue weighted by Crippen LogP contribution is 2.61. The molecule has 0 aliphatic carbocycles. The van der Waals surface area contributed by atoms with Gasteiger partial charge in [-0.05, 0) is 39.3 Å². The van der Waals surface area contributed by atoms with Gasteiger partial charge in [-0.3, -0.25) is 43.0 Å². The number of phenolic OH excluding ortho intramolecular Hbond substituents is 2. The number of aliphatic hydroxyl groups is 1. The Bertz CT molecular complexity index is 3030. The topological polar surface area (TPSA) is 360 Å². The van der Waals surface area contributed by atoms with Crippen molar-refractivity contribution in [1.82, 2.24) is 9.80 Å². The largest absolute Gasteiger partial charge is 0.507 e. The Kier molecular flexibility index (Phi) is 23.1. The maximum absolute atomic E-state index is 14.2. The lowest BCUT2D eigenvalue weighted by Gasteiger charge is -2.39. The van der Waals surface area contributed by atoms with E-state index in [0.29, 0.717) is 38.1 Å². The van der Waals surface area contributed by atoms with Gasteiger partial charge in [-0.1, -0.05) is 59.8 Å². The van der Waals surface area contributed by atoms with Crippen LogP contribution in [-0.4, -0.2) is 170 Å². The second-order valence-electron chi connectivity index (χ2n) is 22.9. The lowest BCUT2D eigenvalue weighted by molar-refractivity contribution is -0.165. The molecule has 4 aliphatic rings. The molecule has 4 bridgehead atoms. The first-order chi connectivity index (χ1) is 38.6. The van der Waals surface area contributed by atoms with E-state index in [9.17, 15) is 68.0 Å². The average Bonchev–Trinajstić information content (AvgIpc) is 1.92. The summed E-state index contributed by atoms with van der Waals surface area (Å²) in [5, 5.41) is 37.4. The summed E-state index contributed by atoms with van der Waals surface area (Å²) in [4.78, 5) is 118. The number of carbonyl (C=O) groups excluding carboxylic acids is 5. The molecule has 462 valence electrons. The van der Waals surface area contributed by atoms with Crippen molar-refractivity contribution in [2.75, 3.05) is 58.8 Å². The molecule has 1 fully saturated rings. The van der Waals surface area contributed by atoms with Gasteiger partial charge >= 0.3 is 33.1 Å². The van der Waals surface area contributed by atoms with Gasteiger partial charge in [0.05, 0.1) is 41.7 Å². The predicted octanol–water partition coefficient (Wildman–Crippen LogP) is 4.87. The summed E-state index contributed by atoms with van der Waals surface area (Å²) in [7, 11) is -7.59. The number of anilines is 1. The molecule has 6 rings (SSSR count). The lowest BCUT2D eigenvalue weighted by Crippen LogP contribution is -2.47. The Morgan fingerprint density at radius 2 is 1.55 bits per heavy atom. The van der Waals surface area contributed by atoms with Crippen LogP contribution < -0.4 is 20.8 Å². The van der Waals surface area contributed by atoms with Crippen LogP contribution >= 0.6 is 15.2 Å². The summed E-state index contributed by atoms with van der Waals surface area (Å²) in [6.07, 6.45) is 3.20. The minimum absolute atomic E-state index is 0.0526. The van der Waals surface area contributed by atoms with Gasteiger partial charge in [0.1, 0.15) is 46.7 Å². The number of allylic oxidation sites excluding steroid dienone is 2. The molecule has 25 nitrogen and oxygen atoms in total. The van der Waals surface area contributed by atoms with Crippen LogP contribution in [0.1, 0.15) is 111 Å². The van der Waals surface area contributed by atoms with Gasteiger partial charge in [0.15, 0.2) is 17.4 Å². The second-order valence-corrected chi connectivity index (χ2v) is 26.9. The summed E-state index contributed by atoms with van der Waals surface area (Å²) >= 11 is 0. The highest BCUT2D eigenvalue weighted by molar-refractivity contribution is 7.70. The maximum atomic E-state index is 14.2. The Morgan fingerprint density at radius 1 is 0.928 bits per heavy atom. The molecule has 4 heterocycles. The summed E-state index contributed by atoms with van der Waals surface area (Å²) < 4.78 is 58.9. The summed E-state index contributed by atoms with van der Waals surface area (Å²) in [5.74, 6) is -8.67. The zero-order valence-corrected chi connectivity index (χ0v) is 51.2. The van der Waals surface area contributed by atoms with E-state index in [2.05, 4.69) is 29.1 Å². The summed E-state index contributed by atoms with van der Waals surface area (Å²) in [5.41, 5.74) is -0.604. The molecule has 0 saturated carbocycles. The first-order valence-corrected chi connectivity index (χ1v) is 30.9. The molecule has 0 aromatic heterocycles. The number of benzene rings is 2. The smallest absolute Gasteiger partial charge is 0.340 e. The van der Waals surface area contributed by atoms with Crippen LogP contribution in [-0.2, 0) is 52.0 Å². The van der Waals surface area contributed by atoms with Gasteiger partial charge in [-0.25, -0.2) is 4.99 Å². The molecule has 0 radical (unpaired) electrons. The van der Waals surface area contributed by atoms with Crippen molar-refractivity contribution < 1.29 is 96.4 Å². The van der Waals surface area contributed by atoms with Crippen LogP contribution in [0.4, 0.5) is 5.69 Å². The zero-order chi connectivity index (χ0) is 62.3. The van der Waals surface area contributed by atoms with Gasteiger partial charge in [0, 0.05) is 114 Å². The van der Waals surface area contributed by atoms with Crippen molar-refractivity contribution in [3.63, 3.8) is 0 Å². The van der Waals surface area contributed by atoms with Gasteiger partial charge in [-0.2, -0.15) is 0 Å². The minimum Gasteiger partial charge on any atom is -0.507 e. The molecule has 2 aromatic rings. The number of nitrogens with one attached hydrogen (secondary N) is 1. The van der Waals surface area contributed by atoms with Gasteiger partial charge in [0.2, 0.25) is 5.79 Å². The molecule has 27 heteroatoms. The van der Waals surface area contributed by atoms with E-state index >= 15 is 0 Å². The predicted molar refractivity (Wildman–Crippen MR) is 304 cm³/mol. The number of aliphatic hydroxyl groups excluding tert-OH is 1. The van der Waals surface area contributed by atoms with Crippen LogP contribution in [0.2, 0.25) is 0 Å². The van der Waals surface area contributed by atoms with Crippen molar-refractivity contribution in [3.8, 4) is 17.2 Å². The molecular formula is C56H83N5O20P2. The number of ether oxygens (including phenoxy) is 6. The van der Waals surface area contributed by atoms with E-state index in [0.717, 1.165) is 6.54 Å². The highest BCUT2D eigenvalue weighted by atomic mass is 31.2. The number of likely N-dealkylation sites (N-methyl/N-ethyl adjacent to an activating group) is 1. The number of phenols is 2. The van der Waals surface area contributed by atoms with Crippen LogP contribution in [0.25, 0.3) is 10.8 Å². The molecule has 83 heavy (non-hydrogen) atoms. The highest BCUT2D eigenvalue weighted by Gasteiger charge is 2.45. The fraction of sp³-hybridized carbons (Fsp3) is 0.625. The van der Waals surface area contributed by atoms with Crippen LogP contribution in [0.5, 0.6) is 17.2 Å². The summed E-state index contributed by atoms with van der Waals surface area (Å²) in [6.45, 7) is 19.8. The standard InChI is InChI=1S/C56H83N5O20P2/c1-30(2)27-61-22-20-56(21-23-61)58-45-43-38(29-62)53-36(8)49(67)44(43)50(68)47(46(45)59-56)57-54(69)32(4)16-14-15-31(3)51(80-41(65)28-60(12)24-26-77-40(64)17-18-42(82(70,71)72)83(73,74)75)34(6)48(66)35(7)52(79-37(9)63)33(5)39(76-13)19-25-78-55(10,11)81-53/h14-16,19,25,29-31,33-35,39,42,48,51-52,58,66-68H,17-18,20-24,26-28H2,1-13H3,(H2,70,71,72)(H2,73,74,75)/b15-14+,25-19+,32-16-,57-47?/t31-,33+,34-,35+,39-,48+,51-,52+/m0/s1. The van der Waals surface area contributed by atoms with Gasteiger partial charge in [-0.15, -0.1) is 0 Å². The molecule has 8 atom stereocenters. The van der Waals surface area contributed by atoms with Crippen molar-refractivity contribution in [2.45, 2.75) is 143 Å². The number of hydrogen-bond donors (Lipinski definition) is 8. The third kappa shape index (κ3) is 17.1. The van der Waals surface area contributed by atoms with Crippen LogP contribution in [0.15, 0.2) is 46.1 Å². The normalized spacial score (nSPS) is 25.9. The Hall–Kier alpha value is -5.59. The van der Waals surface area contributed by atoms with Gasteiger partial charge in [0.25, 0.3) is 5.91 Å². The van der Waals surface area contributed by atoms with Gasteiger partial charge < -0.3 is 73.5 Å². The Balaban J connectivity index is 1.59. The Labute approximate surface area is 483 Å². The van der Waals surface area contributed by atoms with Crippen molar-refractivity contribution in [2.24, 2.45) is 39.6 Å². The number of aromatic hydroxyl groups is 2. The van der Waals surface area contributed by atoms with E-state index in [4.69, 9.17) is 33.4 Å². The zero-order valence-electron chi connectivity index (χ0n) is 49.4. The first-order valence-electron chi connectivity index (χ1n) is 27.5. The number of aldehydes is 1. The first kappa shape index (κ1) is 68.2. The van der Waals surface area contributed by atoms with E-state index in [1.165, 1.54) is 58.2 Å². The number of nitrogens with zero attached hydrogens (tertiary/aromatic N) is 4.